The Morgan fingerprint density at radius 2 is 1.75 bits per heavy atom. The Hall–Kier alpha value is 0.880. The summed E-state index contributed by atoms with van der Waals surface area (Å²) >= 11 is 6.90. The summed E-state index contributed by atoms with van der Waals surface area (Å²) in [5, 5.41) is 9.17. The van der Waals surface area contributed by atoms with Crippen molar-refractivity contribution in [1.29, 1.82) is 0 Å². The lowest BCUT2D eigenvalue weighted by atomic mass is 9.89. The zero-order chi connectivity index (χ0) is 12.3. The van der Waals surface area contributed by atoms with Crippen LogP contribution in [0.5, 0.6) is 0 Å². The highest BCUT2D eigenvalue weighted by atomic mass is 127. The fourth-order valence-corrected chi connectivity index (χ4v) is 4.26. The second kappa shape index (κ2) is 6.17. The Balaban J connectivity index is 3.12. The van der Waals surface area contributed by atoms with Crippen molar-refractivity contribution in [1.82, 2.24) is 0 Å². The summed E-state index contributed by atoms with van der Waals surface area (Å²) in [6.07, 6.45) is 0. The number of carboxylic acids is 1. The number of halogens is 3. The molecule has 0 saturated carbocycles. The van der Waals surface area contributed by atoms with Crippen molar-refractivity contribution in [2.24, 2.45) is 5.92 Å². The summed E-state index contributed by atoms with van der Waals surface area (Å²) in [4.78, 5) is 11.2. The zero-order valence-electron chi connectivity index (χ0n) is 8.53. The first-order valence-corrected chi connectivity index (χ1v) is 7.92. The predicted octanol–water partition coefficient (Wildman–Crippen LogP) is 4.45. The summed E-state index contributed by atoms with van der Waals surface area (Å²) in [7, 11) is 0. The summed E-state index contributed by atoms with van der Waals surface area (Å²) < 4.78 is -0.146. The molecule has 0 aliphatic rings. The lowest BCUT2D eigenvalue weighted by Gasteiger charge is -2.29. The van der Waals surface area contributed by atoms with Crippen LogP contribution in [0.15, 0.2) is 30.3 Å². The van der Waals surface area contributed by atoms with E-state index in [1.807, 2.05) is 30.3 Å². The zero-order valence-corrected chi connectivity index (χ0v) is 15.0. The van der Waals surface area contributed by atoms with Crippen molar-refractivity contribution < 1.29 is 9.90 Å². The number of carboxylic acid groups (broad SMARTS) is 1. The van der Waals surface area contributed by atoms with E-state index in [1.54, 1.807) is 6.92 Å². The third-order valence-electron chi connectivity index (χ3n) is 2.40. The van der Waals surface area contributed by atoms with Crippen LogP contribution in [0.1, 0.15) is 18.4 Å². The van der Waals surface area contributed by atoms with E-state index in [1.165, 1.54) is 0 Å². The molecule has 0 spiro atoms. The van der Waals surface area contributed by atoms with E-state index < -0.39 is 11.9 Å². The number of hydrogen-bond donors (Lipinski definition) is 1. The van der Waals surface area contributed by atoms with Crippen LogP contribution in [0.3, 0.4) is 0 Å². The smallest absolute Gasteiger partial charge is 0.306 e. The van der Waals surface area contributed by atoms with E-state index in [-0.39, 0.29) is 5.35 Å². The van der Waals surface area contributed by atoms with Gasteiger partial charge in [-0.25, -0.2) is 0 Å². The minimum atomic E-state index is -0.747. The quantitative estimate of drug-likeness (QED) is 0.440. The molecule has 1 rings (SSSR count). The Bertz CT molecular complexity index is 359. The van der Waals surface area contributed by atoms with Gasteiger partial charge in [0.2, 0.25) is 0 Å². The summed E-state index contributed by atoms with van der Waals surface area (Å²) in [5.74, 6) is -1.15. The number of hydrogen-bond acceptors (Lipinski definition) is 1. The molecule has 0 fully saturated rings. The highest BCUT2D eigenvalue weighted by Gasteiger charge is 2.39. The van der Waals surface area contributed by atoms with Crippen molar-refractivity contribution in [3.63, 3.8) is 0 Å². The van der Waals surface area contributed by atoms with E-state index in [4.69, 9.17) is 5.11 Å². The molecule has 1 aromatic rings. The molecule has 2 nitrogen and oxygen atoms in total. The third-order valence-corrected chi connectivity index (χ3v) is 4.41. The van der Waals surface area contributed by atoms with Crippen LogP contribution in [0, 0.1) is 5.92 Å². The van der Waals surface area contributed by atoms with Crippen molar-refractivity contribution in [3.8, 4) is 0 Å². The molecule has 1 N–H and O–H groups in total. The van der Waals surface area contributed by atoms with Gasteiger partial charge < -0.3 is 5.11 Å². The molecule has 0 radical (unpaired) electrons. The Labute approximate surface area is 136 Å². The molecule has 2 atom stereocenters. The normalized spacial score (nSPS) is 15.5. The number of carbonyl (C=O) groups is 1. The summed E-state index contributed by atoms with van der Waals surface area (Å²) in [6, 6.07) is 9.84. The molecule has 0 aromatic heterocycles. The fraction of sp³-hybridized carbons (Fsp3) is 0.364. The Kier molecular flexibility index (Phi) is 5.76. The van der Waals surface area contributed by atoms with E-state index >= 15 is 0 Å². The van der Waals surface area contributed by atoms with Crippen molar-refractivity contribution in [3.05, 3.63) is 35.9 Å². The summed E-state index contributed by atoms with van der Waals surface area (Å²) in [6.45, 7) is 1.77. The maximum atomic E-state index is 11.2. The average molecular weight is 556 g/mol. The van der Waals surface area contributed by atoms with Crippen LogP contribution in [0.25, 0.3) is 0 Å². The van der Waals surface area contributed by atoms with Crippen molar-refractivity contribution >= 4 is 73.7 Å². The third kappa shape index (κ3) is 3.97. The van der Waals surface area contributed by atoms with Gasteiger partial charge in [-0.1, -0.05) is 105 Å². The van der Waals surface area contributed by atoms with E-state index in [0.717, 1.165) is 5.56 Å². The molecule has 0 heterocycles. The highest BCUT2D eigenvalue weighted by Crippen LogP contribution is 2.51. The van der Waals surface area contributed by atoms with Crippen LogP contribution < -0.4 is 0 Å². The number of benzene rings is 1. The van der Waals surface area contributed by atoms with Crippen LogP contribution >= 0.6 is 67.8 Å². The molecular weight excluding hydrogens is 545 g/mol. The molecule has 0 bridgehead atoms. The van der Waals surface area contributed by atoms with E-state index in [9.17, 15) is 4.79 Å². The number of aliphatic carboxylic acids is 1. The van der Waals surface area contributed by atoms with Gasteiger partial charge in [0.25, 0.3) is 0 Å². The van der Waals surface area contributed by atoms with Crippen LogP contribution in [0.4, 0.5) is 0 Å². The van der Waals surface area contributed by atoms with Gasteiger partial charge >= 0.3 is 5.97 Å². The van der Waals surface area contributed by atoms with Gasteiger partial charge in [0.15, 0.2) is 0 Å². The average Bonchev–Trinajstić information content (AvgIpc) is 2.17. The largest absolute Gasteiger partial charge is 0.481 e. The minimum absolute atomic E-state index is 0.00648. The molecule has 16 heavy (non-hydrogen) atoms. The van der Waals surface area contributed by atoms with Gasteiger partial charge in [-0.3, -0.25) is 4.79 Å². The lowest BCUT2D eigenvalue weighted by molar-refractivity contribution is -0.141. The molecule has 2 unspecified atom stereocenters. The number of rotatable bonds is 4. The van der Waals surface area contributed by atoms with Crippen molar-refractivity contribution in [2.45, 2.75) is 12.3 Å². The first-order valence-electron chi connectivity index (χ1n) is 4.68. The number of alkyl halides is 3. The maximum absolute atomic E-state index is 11.2. The second-order valence-electron chi connectivity index (χ2n) is 3.56. The first kappa shape index (κ1) is 14.9. The lowest BCUT2D eigenvalue weighted by Crippen LogP contribution is -2.27. The molecule has 0 aliphatic carbocycles. The minimum Gasteiger partial charge on any atom is -0.481 e. The SMILES string of the molecule is CC(C(=O)O)C(c1ccccc1)C(I)(I)I. The van der Waals surface area contributed by atoms with Gasteiger partial charge in [-0.15, -0.1) is 0 Å². The van der Waals surface area contributed by atoms with Crippen LogP contribution in [-0.4, -0.2) is 10.5 Å². The molecule has 0 saturated heterocycles. The van der Waals surface area contributed by atoms with Crippen LogP contribution in [-0.2, 0) is 4.79 Å². The monoisotopic (exact) mass is 556 g/mol. The fourth-order valence-electron chi connectivity index (χ4n) is 1.56. The predicted molar refractivity (Wildman–Crippen MR) is 90.8 cm³/mol. The topological polar surface area (TPSA) is 37.3 Å². The van der Waals surface area contributed by atoms with Crippen molar-refractivity contribution in [2.75, 3.05) is 0 Å². The van der Waals surface area contributed by atoms with Gasteiger partial charge in [-0.05, 0) is 5.56 Å². The molecule has 0 aliphatic heterocycles. The Morgan fingerprint density at radius 1 is 1.25 bits per heavy atom. The van der Waals surface area contributed by atoms with Gasteiger partial charge in [0, 0.05) is 5.92 Å². The highest BCUT2D eigenvalue weighted by molar-refractivity contribution is 14.3. The van der Waals surface area contributed by atoms with Crippen LogP contribution in [0.2, 0.25) is 0 Å². The second-order valence-corrected chi connectivity index (χ2v) is 14.9. The molecular formula is C11H11I3O2. The molecule has 1 aromatic carbocycles. The standard InChI is InChI=1S/C11H11I3O2/c1-7(10(15)16)9(11(12,13)14)8-5-3-2-4-6-8/h2-7,9H,1H3,(H,15,16). The van der Waals surface area contributed by atoms with Gasteiger partial charge in [0.05, 0.1) is 5.92 Å². The molecule has 88 valence electrons. The Morgan fingerprint density at radius 3 is 2.12 bits per heavy atom. The first-order chi connectivity index (χ1) is 7.34. The molecule has 5 heteroatoms. The van der Waals surface area contributed by atoms with E-state index in [2.05, 4.69) is 67.8 Å². The summed E-state index contributed by atoms with van der Waals surface area (Å²) in [5.41, 5.74) is 1.08. The maximum Gasteiger partial charge on any atom is 0.306 e. The molecule has 0 amide bonds. The van der Waals surface area contributed by atoms with Gasteiger partial charge in [0.1, 0.15) is -0.565 Å². The van der Waals surface area contributed by atoms with E-state index in [0.29, 0.717) is 0 Å². The van der Waals surface area contributed by atoms with Gasteiger partial charge in [-0.2, -0.15) is 0 Å².